The van der Waals surface area contributed by atoms with Gasteiger partial charge in [0.2, 0.25) is 0 Å². The molecule has 0 unspecified atom stereocenters. The molecule has 1 aromatic carbocycles. The molecule has 0 atom stereocenters. The van der Waals surface area contributed by atoms with E-state index in [9.17, 15) is 9.90 Å². The number of phenolic OH excluding ortho intramolecular Hbond substituents is 1. The Bertz CT molecular complexity index is 629. The monoisotopic (exact) mass is 246 g/mol. The molecule has 0 aliphatic carbocycles. The maximum atomic E-state index is 10.9. The van der Waals surface area contributed by atoms with Crippen LogP contribution in [0.25, 0.3) is 11.3 Å². The number of rotatable bonds is 2. The highest BCUT2D eigenvalue weighted by Gasteiger charge is 2.15. The maximum Gasteiger partial charge on any atom is 0.356 e. The predicted molar refractivity (Wildman–Crippen MR) is 66.7 cm³/mol. The summed E-state index contributed by atoms with van der Waals surface area (Å²) in [6.45, 7) is 3.61. The van der Waals surface area contributed by atoms with Crippen molar-refractivity contribution in [3.63, 3.8) is 0 Å². The highest BCUT2D eigenvalue weighted by atomic mass is 16.4. The Labute approximate surface area is 104 Å². The van der Waals surface area contributed by atoms with Crippen LogP contribution in [0.3, 0.4) is 0 Å². The van der Waals surface area contributed by atoms with Gasteiger partial charge in [-0.3, -0.25) is 4.68 Å². The van der Waals surface area contributed by atoms with Crippen molar-refractivity contribution in [2.24, 2.45) is 7.05 Å². The molecule has 0 radical (unpaired) electrons. The van der Waals surface area contributed by atoms with Gasteiger partial charge < -0.3 is 10.2 Å². The third kappa shape index (κ3) is 1.84. The van der Waals surface area contributed by atoms with Crippen molar-refractivity contribution in [2.75, 3.05) is 0 Å². The molecule has 0 fully saturated rings. The maximum absolute atomic E-state index is 10.9. The first-order chi connectivity index (χ1) is 8.41. The molecule has 5 nitrogen and oxygen atoms in total. The number of carboxylic acid groups (broad SMARTS) is 1. The summed E-state index contributed by atoms with van der Waals surface area (Å²) in [4.78, 5) is 10.9. The number of phenols is 1. The van der Waals surface area contributed by atoms with E-state index in [-0.39, 0.29) is 11.4 Å². The second kappa shape index (κ2) is 4.18. The van der Waals surface area contributed by atoms with E-state index in [1.807, 2.05) is 13.0 Å². The number of aromatic hydroxyl groups is 1. The van der Waals surface area contributed by atoms with Crippen LogP contribution in [0.4, 0.5) is 0 Å². The molecule has 2 N–H and O–H groups in total. The number of hydrogen-bond donors (Lipinski definition) is 2. The van der Waals surface area contributed by atoms with E-state index in [0.29, 0.717) is 5.69 Å². The molecule has 0 amide bonds. The largest absolute Gasteiger partial charge is 0.507 e. The minimum Gasteiger partial charge on any atom is -0.507 e. The van der Waals surface area contributed by atoms with Crippen molar-refractivity contribution in [1.82, 2.24) is 9.78 Å². The molecule has 0 bridgehead atoms. The topological polar surface area (TPSA) is 75.3 Å². The third-order valence-electron chi connectivity index (χ3n) is 3.01. The Morgan fingerprint density at radius 1 is 1.33 bits per heavy atom. The molecule has 0 spiro atoms. The zero-order chi connectivity index (χ0) is 13.4. The number of aryl methyl sites for hydroxylation is 2. The van der Waals surface area contributed by atoms with Gasteiger partial charge in [0.05, 0.1) is 5.69 Å². The average molecular weight is 246 g/mol. The van der Waals surface area contributed by atoms with Crippen molar-refractivity contribution in [3.8, 4) is 17.0 Å². The second-order valence-electron chi connectivity index (χ2n) is 4.25. The standard InChI is InChI=1S/C13H14N2O3/c1-7-4-5-9(8(2)12(7)16)11-6-10(13(17)18)14-15(11)3/h4-6,16H,1-3H3,(H,17,18). The van der Waals surface area contributed by atoms with Gasteiger partial charge in [-0.15, -0.1) is 0 Å². The Morgan fingerprint density at radius 2 is 2.00 bits per heavy atom. The lowest BCUT2D eigenvalue weighted by Crippen LogP contribution is -1.99. The molecular weight excluding hydrogens is 232 g/mol. The predicted octanol–water partition coefficient (Wildman–Crippen LogP) is 2.11. The van der Waals surface area contributed by atoms with Crippen LogP contribution >= 0.6 is 0 Å². The van der Waals surface area contributed by atoms with E-state index in [1.165, 1.54) is 10.7 Å². The van der Waals surface area contributed by atoms with Crippen molar-refractivity contribution in [1.29, 1.82) is 0 Å². The SMILES string of the molecule is Cc1ccc(-c2cc(C(=O)O)nn2C)c(C)c1O. The number of aromatic carboxylic acids is 1. The number of benzene rings is 1. The fraction of sp³-hybridized carbons (Fsp3) is 0.231. The molecule has 94 valence electrons. The Hall–Kier alpha value is -2.30. The van der Waals surface area contributed by atoms with E-state index in [4.69, 9.17) is 5.11 Å². The van der Waals surface area contributed by atoms with E-state index < -0.39 is 5.97 Å². The van der Waals surface area contributed by atoms with Crippen LogP contribution in [0.1, 0.15) is 21.6 Å². The molecule has 18 heavy (non-hydrogen) atoms. The molecule has 5 heteroatoms. The zero-order valence-corrected chi connectivity index (χ0v) is 10.4. The number of carbonyl (C=O) groups is 1. The molecule has 2 rings (SSSR count). The van der Waals surface area contributed by atoms with E-state index in [2.05, 4.69) is 5.10 Å². The number of carboxylic acids is 1. The van der Waals surface area contributed by atoms with Crippen LogP contribution in [0.5, 0.6) is 5.75 Å². The van der Waals surface area contributed by atoms with Crippen LogP contribution < -0.4 is 0 Å². The van der Waals surface area contributed by atoms with Crippen LogP contribution in [0.15, 0.2) is 18.2 Å². The van der Waals surface area contributed by atoms with E-state index >= 15 is 0 Å². The molecule has 0 aliphatic rings. The Balaban J connectivity index is 2.62. The van der Waals surface area contributed by atoms with Gasteiger partial charge in [-0.05, 0) is 25.5 Å². The molecular formula is C13H14N2O3. The lowest BCUT2D eigenvalue weighted by molar-refractivity contribution is 0.0689. The molecule has 0 saturated heterocycles. The smallest absolute Gasteiger partial charge is 0.356 e. The lowest BCUT2D eigenvalue weighted by Gasteiger charge is -2.09. The molecule has 1 heterocycles. The summed E-state index contributed by atoms with van der Waals surface area (Å²) in [5.41, 5.74) is 2.94. The first-order valence-corrected chi connectivity index (χ1v) is 5.48. The van der Waals surface area contributed by atoms with Crippen LogP contribution in [0, 0.1) is 13.8 Å². The number of hydrogen-bond acceptors (Lipinski definition) is 3. The third-order valence-corrected chi connectivity index (χ3v) is 3.01. The summed E-state index contributed by atoms with van der Waals surface area (Å²) >= 11 is 0. The van der Waals surface area contributed by atoms with Gasteiger partial charge in [0, 0.05) is 18.2 Å². The van der Waals surface area contributed by atoms with Crippen molar-refractivity contribution >= 4 is 5.97 Å². The van der Waals surface area contributed by atoms with Crippen LogP contribution in [-0.2, 0) is 7.05 Å². The summed E-state index contributed by atoms with van der Waals surface area (Å²) in [6.07, 6.45) is 0. The van der Waals surface area contributed by atoms with Gasteiger partial charge in [0.15, 0.2) is 5.69 Å². The second-order valence-corrected chi connectivity index (χ2v) is 4.25. The Kier molecular flexibility index (Phi) is 2.82. The van der Waals surface area contributed by atoms with Gasteiger partial charge in [0.1, 0.15) is 5.75 Å². The summed E-state index contributed by atoms with van der Waals surface area (Å²) in [6, 6.07) is 5.15. The highest BCUT2D eigenvalue weighted by Crippen LogP contribution is 2.31. The molecule has 0 aliphatic heterocycles. The molecule has 1 aromatic heterocycles. The zero-order valence-electron chi connectivity index (χ0n) is 10.4. The van der Waals surface area contributed by atoms with Gasteiger partial charge in [-0.1, -0.05) is 12.1 Å². The summed E-state index contributed by atoms with van der Waals surface area (Å²) in [7, 11) is 1.68. The average Bonchev–Trinajstić information content (AvgIpc) is 2.69. The fourth-order valence-corrected chi connectivity index (χ4v) is 1.94. The first-order valence-electron chi connectivity index (χ1n) is 5.48. The van der Waals surface area contributed by atoms with Crippen molar-refractivity contribution in [3.05, 3.63) is 35.0 Å². The van der Waals surface area contributed by atoms with Gasteiger partial charge in [-0.2, -0.15) is 5.10 Å². The first kappa shape index (κ1) is 12.2. The van der Waals surface area contributed by atoms with Gasteiger partial charge >= 0.3 is 5.97 Å². The summed E-state index contributed by atoms with van der Waals surface area (Å²) in [5.74, 6) is -0.837. The van der Waals surface area contributed by atoms with E-state index in [0.717, 1.165) is 16.7 Å². The number of nitrogens with zero attached hydrogens (tertiary/aromatic N) is 2. The van der Waals surface area contributed by atoms with Gasteiger partial charge in [0.25, 0.3) is 0 Å². The Morgan fingerprint density at radius 3 is 2.56 bits per heavy atom. The quantitative estimate of drug-likeness (QED) is 0.851. The fourth-order valence-electron chi connectivity index (χ4n) is 1.94. The minimum atomic E-state index is -1.06. The normalized spacial score (nSPS) is 10.6. The van der Waals surface area contributed by atoms with Crippen LogP contribution in [-0.4, -0.2) is 26.0 Å². The minimum absolute atomic E-state index is 0.00744. The molecule has 0 saturated carbocycles. The van der Waals surface area contributed by atoms with Crippen molar-refractivity contribution < 1.29 is 15.0 Å². The summed E-state index contributed by atoms with van der Waals surface area (Å²) < 4.78 is 1.50. The van der Waals surface area contributed by atoms with Gasteiger partial charge in [-0.25, -0.2) is 4.79 Å². The van der Waals surface area contributed by atoms with Crippen LogP contribution in [0.2, 0.25) is 0 Å². The van der Waals surface area contributed by atoms with E-state index in [1.54, 1.807) is 20.0 Å². The summed E-state index contributed by atoms with van der Waals surface area (Å²) in [5, 5.41) is 22.7. The number of aromatic nitrogens is 2. The van der Waals surface area contributed by atoms with Crippen molar-refractivity contribution in [2.45, 2.75) is 13.8 Å². The molecule has 2 aromatic rings. The highest BCUT2D eigenvalue weighted by molar-refractivity contribution is 5.87. The lowest BCUT2D eigenvalue weighted by atomic mass is 10.0.